The summed E-state index contributed by atoms with van der Waals surface area (Å²) < 4.78 is 10.7. The zero-order valence-electron chi connectivity index (χ0n) is 19.4. The highest BCUT2D eigenvalue weighted by Gasteiger charge is 2.19. The average molecular weight is 427 g/mol. The Hall–Kier alpha value is -3.02. The number of methoxy groups -OCH3 is 1. The van der Waals surface area contributed by atoms with Gasteiger partial charge < -0.3 is 20.1 Å². The van der Waals surface area contributed by atoms with E-state index in [1.54, 1.807) is 13.2 Å². The first-order chi connectivity index (χ1) is 14.6. The Kier molecular flexibility index (Phi) is 8.48. The summed E-state index contributed by atoms with van der Waals surface area (Å²) in [7, 11) is 1.58. The fraction of sp³-hybridized carbons (Fsp3) is 0.440. The summed E-state index contributed by atoms with van der Waals surface area (Å²) >= 11 is 0. The van der Waals surface area contributed by atoms with Crippen LogP contribution in [0.15, 0.2) is 42.5 Å². The van der Waals surface area contributed by atoms with Gasteiger partial charge in [0.15, 0.2) is 0 Å². The first-order valence-electron chi connectivity index (χ1n) is 10.6. The third-order valence-electron chi connectivity index (χ3n) is 4.61. The van der Waals surface area contributed by atoms with Gasteiger partial charge in [-0.25, -0.2) is 4.79 Å². The lowest BCUT2D eigenvalue weighted by molar-refractivity contribution is 0.0523. The second-order valence-corrected chi connectivity index (χ2v) is 8.86. The zero-order valence-corrected chi connectivity index (χ0v) is 19.4. The van der Waals surface area contributed by atoms with E-state index in [-0.39, 0.29) is 12.5 Å². The van der Waals surface area contributed by atoms with E-state index in [0.717, 1.165) is 23.1 Å². The maximum atomic E-state index is 13.0. The topological polar surface area (TPSA) is 76.7 Å². The molecule has 0 aliphatic rings. The second kappa shape index (κ2) is 10.8. The Morgan fingerprint density at radius 2 is 1.71 bits per heavy atom. The van der Waals surface area contributed by atoms with Crippen molar-refractivity contribution >= 4 is 12.0 Å². The van der Waals surface area contributed by atoms with Crippen molar-refractivity contribution < 1.29 is 19.1 Å². The molecule has 0 saturated heterocycles. The zero-order chi connectivity index (χ0) is 23.0. The number of hydrogen-bond donors (Lipinski definition) is 2. The lowest BCUT2D eigenvalue weighted by Crippen LogP contribution is -2.32. The molecule has 0 bridgehead atoms. The molecule has 0 aromatic heterocycles. The van der Waals surface area contributed by atoms with Crippen LogP contribution in [0.25, 0.3) is 11.1 Å². The van der Waals surface area contributed by atoms with Crippen LogP contribution in [0.4, 0.5) is 4.79 Å². The summed E-state index contributed by atoms with van der Waals surface area (Å²) in [4.78, 5) is 25.1. The van der Waals surface area contributed by atoms with Crippen molar-refractivity contribution in [2.45, 2.75) is 53.2 Å². The molecule has 0 fully saturated rings. The van der Waals surface area contributed by atoms with Crippen molar-refractivity contribution in [3.8, 4) is 16.9 Å². The molecule has 0 unspecified atom stereocenters. The summed E-state index contributed by atoms with van der Waals surface area (Å²) in [5.74, 6) is 0.969. The lowest BCUT2D eigenvalue weighted by atomic mass is 9.94. The largest absolute Gasteiger partial charge is 0.497 e. The van der Waals surface area contributed by atoms with E-state index in [9.17, 15) is 9.59 Å². The van der Waals surface area contributed by atoms with Crippen molar-refractivity contribution in [1.82, 2.24) is 10.6 Å². The van der Waals surface area contributed by atoms with Crippen molar-refractivity contribution in [1.29, 1.82) is 0 Å². The fourth-order valence-corrected chi connectivity index (χ4v) is 3.06. The van der Waals surface area contributed by atoms with E-state index >= 15 is 0 Å². The Balaban J connectivity index is 2.31. The molecular formula is C25H34N2O4. The van der Waals surface area contributed by atoms with Crippen molar-refractivity contribution in [2.75, 3.05) is 13.7 Å². The Bertz CT molecular complexity index is 901. The quantitative estimate of drug-likeness (QED) is 0.611. The van der Waals surface area contributed by atoms with Crippen LogP contribution in [0, 0.1) is 5.92 Å². The van der Waals surface area contributed by atoms with Gasteiger partial charge in [-0.3, -0.25) is 4.79 Å². The van der Waals surface area contributed by atoms with E-state index < -0.39 is 11.7 Å². The molecule has 0 aliphatic heterocycles. The molecule has 6 nitrogen and oxygen atoms in total. The molecule has 2 amide bonds. The van der Waals surface area contributed by atoms with Gasteiger partial charge in [-0.05, 0) is 68.0 Å². The van der Waals surface area contributed by atoms with Crippen LogP contribution in [0.3, 0.4) is 0 Å². The Morgan fingerprint density at radius 1 is 1.00 bits per heavy atom. The van der Waals surface area contributed by atoms with E-state index in [0.29, 0.717) is 23.8 Å². The van der Waals surface area contributed by atoms with Crippen molar-refractivity contribution in [3.63, 3.8) is 0 Å². The number of rotatable bonds is 8. The molecule has 2 aromatic rings. The van der Waals surface area contributed by atoms with Crippen LogP contribution in [0.5, 0.6) is 5.75 Å². The standard InChI is InChI=1S/C25H34N2O4/c1-17(2)13-14-26-23(28)22-15-19(30-6)11-12-21(22)20-10-8-7-9-18(20)16-27-24(29)31-25(3,4)5/h7-12,15,17H,13-14,16H2,1-6H3,(H,26,28)(H,27,29). The molecular weight excluding hydrogens is 392 g/mol. The minimum Gasteiger partial charge on any atom is -0.497 e. The molecule has 2 N–H and O–H groups in total. The summed E-state index contributed by atoms with van der Waals surface area (Å²) in [6.45, 7) is 10.6. The van der Waals surface area contributed by atoms with Gasteiger partial charge in [0.25, 0.3) is 5.91 Å². The monoisotopic (exact) mass is 426 g/mol. The van der Waals surface area contributed by atoms with Crippen LogP contribution < -0.4 is 15.4 Å². The number of carbonyl (C=O) groups is 2. The number of nitrogens with one attached hydrogen (secondary N) is 2. The van der Waals surface area contributed by atoms with Crippen molar-refractivity contribution in [3.05, 3.63) is 53.6 Å². The highest BCUT2D eigenvalue weighted by Crippen LogP contribution is 2.30. The minimum atomic E-state index is -0.569. The lowest BCUT2D eigenvalue weighted by Gasteiger charge is -2.20. The van der Waals surface area contributed by atoms with Crippen LogP contribution >= 0.6 is 0 Å². The first kappa shape index (κ1) is 24.3. The number of alkyl carbamates (subject to hydrolysis) is 1. The van der Waals surface area contributed by atoms with E-state index in [4.69, 9.17) is 9.47 Å². The highest BCUT2D eigenvalue weighted by molar-refractivity contribution is 6.01. The molecule has 0 atom stereocenters. The number of amides is 2. The van der Waals surface area contributed by atoms with Gasteiger partial charge in [0, 0.05) is 13.1 Å². The van der Waals surface area contributed by atoms with E-state index in [2.05, 4.69) is 24.5 Å². The van der Waals surface area contributed by atoms with Crippen LogP contribution in [0.1, 0.15) is 57.0 Å². The van der Waals surface area contributed by atoms with E-state index in [1.807, 2.05) is 57.2 Å². The predicted molar refractivity (Wildman–Crippen MR) is 123 cm³/mol. The predicted octanol–water partition coefficient (Wildman–Crippen LogP) is 5.16. The summed E-state index contributed by atoms with van der Waals surface area (Å²) in [6.07, 6.45) is 0.422. The van der Waals surface area contributed by atoms with Gasteiger partial charge in [0.05, 0.1) is 12.7 Å². The number of carbonyl (C=O) groups excluding carboxylic acids is 2. The molecule has 0 aliphatic carbocycles. The van der Waals surface area contributed by atoms with Gasteiger partial charge >= 0.3 is 6.09 Å². The molecule has 2 aromatic carbocycles. The molecule has 0 spiro atoms. The maximum Gasteiger partial charge on any atom is 0.407 e. The van der Waals surface area contributed by atoms with Gasteiger partial charge in [-0.2, -0.15) is 0 Å². The average Bonchev–Trinajstić information content (AvgIpc) is 2.70. The number of hydrogen-bond acceptors (Lipinski definition) is 4. The van der Waals surface area contributed by atoms with Gasteiger partial charge in [0.2, 0.25) is 0 Å². The summed E-state index contributed by atoms with van der Waals surface area (Å²) in [6, 6.07) is 13.1. The highest BCUT2D eigenvalue weighted by atomic mass is 16.6. The van der Waals surface area contributed by atoms with Crippen LogP contribution in [0.2, 0.25) is 0 Å². The smallest absolute Gasteiger partial charge is 0.407 e. The molecule has 2 rings (SSSR count). The van der Waals surface area contributed by atoms with Crippen LogP contribution in [-0.4, -0.2) is 31.3 Å². The number of ether oxygens (including phenoxy) is 2. The number of benzene rings is 2. The molecule has 31 heavy (non-hydrogen) atoms. The molecule has 0 heterocycles. The normalized spacial score (nSPS) is 11.2. The minimum absolute atomic E-state index is 0.149. The Morgan fingerprint density at radius 3 is 2.35 bits per heavy atom. The van der Waals surface area contributed by atoms with Gasteiger partial charge in [0.1, 0.15) is 11.4 Å². The molecule has 6 heteroatoms. The Labute approximate surface area is 185 Å². The fourth-order valence-electron chi connectivity index (χ4n) is 3.06. The molecule has 0 saturated carbocycles. The summed E-state index contributed by atoms with van der Waals surface area (Å²) in [5, 5.41) is 5.80. The third kappa shape index (κ3) is 7.63. The van der Waals surface area contributed by atoms with Crippen molar-refractivity contribution in [2.24, 2.45) is 5.92 Å². The second-order valence-electron chi connectivity index (χ2n) is 8.86. The van der Waals surface area contributed by atoms with Gasteiger partial charge in [-0.15, -0.1) is 0 Å². The first-order valence-corrected chi connectivity index (χ1v) is 10.6. The SMILES string of the molecule is COc1ccc(-c2ccccc2CNC(=O)OC(C)(C)C)c(C(=O)NCCC(C)C)c1. The van der Waals surface area contributed by atoms with Crippen LogP contribution in [-0.2, 0) is 11.3 Å². The molecule has 0 radical (unpaired) electrons. The maximum absolute atomic E-state index is 13.0. The molecule has 168 valence electrons. The van der Waals surface area contributed by atoms with E-state index in [1.165, 1.54) is 0 Å². The third-order valence-corrected chi connectivity index (χ3v) is 4.61. The summed E-state index contributed by atoms with van der Waals surface area (Å²) in [5.41, 5.74) is 2.50. The van der Waals surface area contributed by atoms with Gasteiger partial charge in [-0.1, -0.05) is 38.1 Å².